The monoisotopic (exact) mass is 336 g/mol. The minimum absolute atomic E-state index is 0.00290. The zero-order valence-electron chi connectivity index (χ0n) is 14.1. The van der Waals surface area contributed by atoms with E-state index >= 15 is 0 Å². The number of rotatable bonds is 2. The lowest BCUT2D eigenvalue weighted by Gasteiger charge is -2.31. The van der Waals surface area contributed by atoms with Crippen molar-refractivity contribution in [3.63, 3.8) is 0 Å². The second-order valence-corrected chi connectivity index (χ2v) is 6.59. The summed E-state index contributed by atoms with van der Waals surface area (Å²) in [5.74, 6) is 1.41. The summed E-state index contributed by atoms with van der Waals surface area (Å²) in [7, 11) is 0. The lowest BCUT2D eigenvalue weighted by molar-refractivity contribution is 0.0683. The van der Waals surface area contributed by atoms with Crippen molar-refractivity contribution in [1.82, 2.24) is 24.5 Å². The van der Waals surface area contributed by atoms with Crippen molar-refractivity contribution in [2.24, 2.45) is 5.92 Å². The molecule has 1 aliphatic heterocycles. The molecule has 0 radical (unpaired) electrons. The van der Waals surface area contributed by atoms with E-state index in [0.717, 1.165) is 19.5 Å². The van der Waals surface area contributed by atoms with Crippen LogP contribution in [0.5, 0.6) is 0 Å². The number of fused-ring (bicyclic) bond motifs is 1. The molecule has 7 nitrogen and oxygen atoms in total. The van der Waals surface area contributed by atoms with Gasteiger partial charge in [-0.05, 0) is 43.0 Å². The second kappa shape index (κ2) is 6.16. The number of hydrogen-bond donors (Lipinski definition) is 1. The van der Waals surface area contributed by atoms with Crippen LogP contribution < -0.4 is 5.73 Å². The molecular weight excluding hydrogens is 316 g/mol. The molecule has 1 fully saturated rings. The van der Waals surface area contributed by atoms with Crippen LogP contribution >= 0.6 is 0 Å². The highest BCUT2D eigenvalue weighted by Crippen LogP contribution is 2.21. The molecule has 0 aromatic carbocycles. The number of nitrogens with two attached hydrogens (primary N) is 1. The average Bonchev–Trinajstić information content (AvgIpc) is 3.07. The Morgan fingerprint density at radius 2 is 2.20 bits per heavy atom. The molecule has 1 aliphatic rings. The van der Waals surface area contributed by atoms with Gasteiger partial charge in [0.15, 0.2) is 5.65 Å². The quantitative estimate of drug-likeness (QED) is 0.775. The van der Waals surface area contributed by atoms with Crippen molar-refractivity contribution in [2.45, 2.75) is 19.8 Å². The largest absolute Gasteiger partial charge is 0.384 e. The zero-order valence-corrected chi connectivity index (χ0v) is 14.1. The molecule has 7 heteroatoms. The maximum Gasteiger partial charge on any atom is 0.254 e. The van der Waals surface area contributed by atoms with E-state index in [1.807, 2.05) is 23.1 Å². The van der Waals surface area contributed by atoms with Crippen LogP contribution in [0.25, 0.3) is 17.2 Å². The summed E-state index contributed by atoms with van der Waals surface area (Å²) in [6, 6.07) is 8.98. The van der Waals surface area contributed by atoms with Crippen LogP contribution in [0.4, 0.5) is 5.82 Å². The highest BCUT2D eigenvalue weighted by Gasteiger charge is 2.23. The highest BCUT2D eigenvalue weighted by molar-refractivity contribution is 5.96. The molecule has 4 rings (SSSR count). The zero-order chi connectivity index (χ0) is 17.4. The molecular formula is C18H20N6O. The molecule has 1 unspecified atom stereocenters. The molecule has 0 spiro atoms. The summed E-state index contributed by atoms with van der Waals surface area (Å²) in [6.07, 6.45) is 3.90. The number of carbonyl (C=O) groups excluding carboxylic acids is 1. The summed E-state index contributed by atoms with van der Waals surface area (Å²) in [5, 5.41) is 4.40. The molecule has 0 aliphatic carbocycles. The molecule has 128 valence electrons. The first-order chi connectivity index (χ1) is 12.1. The Hall–Kier alpha value is -2.96. The first-order valence-corrected chi connectivity index (χ1v) is 8.49. The van der Waals surface area contributed by atoms with Gasteiger partial charge in [-0.1, -0.05) is 13.0 Å². The molecule has 4 heterocycles. The molecule has 3 aromatic heterocycles. The third-order valence-electron chi connectivity index (χ3n) is 4.55. The number of amides is 1. The van der Waals surface area contributed by atoms with Gasteiger partial charge >= 0.3 is 0 Å². The highest BCUT2D eigenvalue weighted by atomic mass is 16.2. The predicted molar refractivity (Wildman–Crippen MR) is 94.9 cm³/mol. The van der Waals surface area contributed by atoms with Gasteiger partial charge in [-0.25, -0.2) is 4.98 Å². The summed E-state index contributed by atoms with van der Waals surface area (Å²) in [6.45, 7) is 3.75. The van der Waals surface area contributed by atoms with Crippen molar-refractivity contribution in [3.8, 4) is 11.5 Å². The summed E-state index contributed by atoms with van der Waals surface area (Å²) < 4.78 is 1.54. The van der Waals surface area contributed by atoms with E-state index < -0.39 is 0 Å². The number of likely N-dealkylation sites (tertiary alicyclic amines) is 1. The lowest BCUT2D eigenvalue weighted by atomic mass is 9.99. The fourth-order valence-electron chi connectivity index (χ4n) is 3.29. The Morgan fingerprint density at radius 1 is 1.32 bits per heavy atom. The van der Waals surface area contributed by atoms with Crippen molar-refractivity contribution in [2.75, 3.05) is 18.8 Å². The minimum Gasteiger partial charge on any atom is -0.384 e. The number of aromatic nitrogens is 4. The summed E-state index contributed by atoms with van der Waals surface area (Å²) in [4.78, 5) is 23.5. The molecule has 0 saturated carbocycles. The van der Waals surface area contributed by atoms with Crippen LogP contribution in [0.2, 0.25) is 0 Å². The van der Waals surface area contributed by atoms with Crippen molar-refractivity contribution in [1.29, 1.82) is 0 Å². The number of carbonyl (C=O) groups is 1. The van der Waals surface area contributed by atoms with Gasteiger partial charge < -0.3 is 10.6 Å². The van der Waals surface area contributed by atoms with Gasteiger partial charge in [0.2, 0.25) is 5.82 Å². The van der Waals surface area contributed by atoms with Crippen molar-refractivity contribution in [3.05, 3.63) is 42.1 Å². The Bertz CT molecular complexity index is 920. The Balaban J connectivity index is 1.70. The van der Waals surface area contributed by atoms with E-state index in [4.69, 9.17) is 5.73 Å². The number of anilines is 1. The number of nitrogen functional groups attached to an aromatic ring is 1. The second-order valence-electron chi connectivity index (χ2n) is 6.59. The number of nitrogens with zero attached hydrogens (tertiary/aromatic N) is 5. The number of pyridine rings is 2. The van der Waals surface area contributed by atoms with Gasteiger partial charge in [-0.15, -0.1) is 5.10 Å². The van der Waals surface area contributed by atoms with Crippen molar-refractivity contribution < 1.29 is 4.79 Å². The van der Waals surface area contributed by atoms with E-state index in [1.54, 1.807) is 22.8 Å². The van der Waals surface area contributed by atoms with Gasteiger partial charge in [0.1, 0.15) is 11.5 Å². The van der Waals surface area contributed by atoms with E-state index in [0.29, 0.717) is 34.5 Å². The van der Waals surface area contributed by atoms with Gasteiger partial charge in [-0.3, -0.25) is 9.78 Å². The molecule has 3 aromatic rings. The van der Waals surface area contributed by atoms with E-state index in [1.165, 1.54) is 6.42 Å². The fraction of sp³-hybridized carbons (Fsp3) is 0.333. The standard InChI is InChI=1S/C18H20N6O/c1-12-5-4-8-23(11-12)18(25)13-9-15(19)24-16(10-13)21-17(22-24)14-6-2-3-7-20-14/h2-3,6-7,9-10,12H,4-5,8,11,19H2,1H3. The molecule has 25 heavy (non-hydrogen) atoms. The lowest BCUT2D eigenvalue weighted by Crippen LogP contribution is -2.39. The molecule has 1 atom stereocenters. The van der Waals surface area contributed by atoms with Crippen LogP contribution in [0, 0.1) is 5.92 Å². The first-order valence-electron chi connectivity index (χ1n) is 8.49. The Morgan fingerprint density at radius 3 is 2.96 bits per heavy atom. The van der Waals surface area contributed by atoms with Crippen LogP contribution in [0.15, 0.2) is 36.5 Å². The Kier molecular flexibility index (Phi) is 3.83. The number of hydrogen-bond acceptors (Lipinski definition) is 5. The Labute approximate surface area is 145 Å². The summed E-state index contributed by atoms with van der Waals surface area (Å²) in [5.41, 5.74) is 7.89. The van der Waals surface area contributed by atoms with Gasteiger partial charge in [0, 0.05) is 24.8 Å². The topological polar surface area (TPSA) is 89.4 Å². The van der Waals surface area contributed by atoms with Crippen LogP contribution in [0.1, 0.15) is 30.1 Å². The summed E-state index contributed by atoms with van der Waals surface area (Å²) >= 11 is 0. The third-order valence-corrected chi connectivity index (χ3v) is 4.55. The van der Waals surface area contributed by atoms with Crippen LogP contribution in [-0.2, 0) is 0 Å². The predicted octanol–water partition coefficient (Wildman–Crippen LogP) is 2.25. The van der Waals surface area contributed by atoms with Gasteiger partial charge in [0.05, 0.1) is 0 Å². The number of piperidine rings is 1. The smallest absolute Gasteiger partial charge is 0.254 e. The molecule has 1 saturated heterocycles. The van der Waals surface area contributed by atoms with Crippen LogP contribution in [0.3, 0.4) is 0 Å². The fourth-order valence-corrected chi connectivity index (χ4v) is 3.29. The maximum absolute atomic E-state index is 12.8. The average molecular weight is 336 g/mol. The van der Waals surface area contributed by atoms with Crippen molar-refractivity contribution >= 4 is 17.4 Å². The van der Waals surface area contributed by atoms with E-state index in [2.05, 4.69) is 22.0 Å². The molecule has 1 amide bonds. The SMILES string of the molecule is CC1CCCN(C(=O)c2cc(N)n3nc(-c4ccccn4)nc3c2)C1. The maximum atomic E-state index is 12.8. The molecule has 2 N–H and O–H groups in total. The minimum atomic E-state index is 0.00290. The van der Waals surface area contributed by atoms with E-state index in [-0.39, 0.29) is 5.91 Å². The van der Waals surface area contributed by atoms with E-state index in [9.17, 15) is 4.79 Å². The molecule has 0 bridgehead atoms. The first kappa shape index (κ1) is 15.6. The normalized spacial score (nSPS) is 17.8. The van der Waals surface area contributed by atoms with Gasteiger partial charge in [-0.2, -0.15) is 4.52 Å². The van der Waals surface area contributed by atoms with Crippen LogP contribution in [-0.4, -0.2) is 43.5 Å². The third kappa shape index (κ3) is 2.93. The van der Waals surface area contributed by atoms with Gasteiger partial charge in [0.25, 0.3) is 5.91 Å².